The van der Waals surface area contributed by atoms with Crippen LogP contribution in [0.2, 0.25) is 0 Å². The van der Waals surface area contributed by atoms with E-state index in [0.29, 0.717) is 6.54 Å². The van der Waals surface area contributed by atoms with Crippen LogP contribution < -0.4 is 11.6 Å². The van der Waals surface area contributed by atoms with Gasteiger partial charge in [-0.15, -0.1) is 0 Å². The van der Waals surface area contributed by atoms with Crippen LogP contribution in [-0.2, 0) is 6.54 Å². The minimum absolute atomic E-state index is 0.682. The van der Waals surface area contributed by atoms with Crippen LogP contribution in [-0.4, -0.2) is 5.01 Å². The Morgan fingerprint density at radius 3 is 2.57 bits per heavy atom. The Balaban J connectivity index is 2.53. The lowest BCUT2D eigenvalue weighted by atomic mass is 10.2. The molecule has 0 spiro atoms. The number of hydrogen-bond acceptors (Lipinski definition) is 3. The Kier molecular flexibility index (Phi) is 4.01. The molecule has 0 amide bonds. The monoisotopic (exact) mass is 191 g/mol. The summed E-state index contributed by atoms with van der Waals surface area (Å²) >= 11 is 0. The molecule has 3 heteroatoms. The largest absolute Gasteiger partial charge is 0.401 e. The molecule has 1 aromatic rings. The maximum atomic E-state index is 5.76. The summed E-state index contributed by atoms with van der Waals surface area (Å²) < 4.78 is 0. The third-order valence-electron chi connectivity index (χ3n) is 1.95. The summed E-state index contributed by atoms with van der Waals surface area (Å²) in [4.78, 5) is 0. The van der Waals surface area contributed by atoms with E-state index in [-0.39, 0.29) is 0 Å². The molecule has 4 N–H and O–H groups in total. The first-order chi connectivity index (χ1) is 6.72. The van der Waals surface area contributed by atoms with Crippen molar-refractivity contribution < 1.29 is 0 Å². The van der Waals surface area contributed by atoms with Crippen LogP contribution in [0.15, 0.2) is 42.2 Å². The van der Waals surface area contributed by atoms with Crippen LogP contribution in [0.5, 0.6) is 0 Å². The van der Waals surface area contributed by atoms with Gasteiger partial charge < -0.3 is 10.7 Å². The molecule has 1 aromatic carbocycles. The van der Waals surface area contributed by atoms with E-state index in [0.717, 1.165) is 12.1 Å². The fourth-order valence-electron chi connectivity index (χ4n) is 1.14. The molecule has 76 valence electrons. The highest BCUT2D eigenvalue weighted by molar-refractivity contribution is 5.14. The Labute approximate surface area is 85.0 Å². The van der Waals surface area contributed by atoms with Crippen molar-refractivity contribution in [3.63, 3.8) is 0 Å². The van der Waals surface area contributed by atoms with Crippen LogP contribution in [0.25, 0.3) is 0 Å². The maximum Gasteiger partial charge on any atom is 0.0586 e. The summed E-state index contributed by atoms with van der Waals surface area (Å²) in [5.74, 6) is 5.76. The van der Waals surface area contributed by atoms with Gasteiger partial charge in [-0.05, 0) is 12.0 Å². The molecule has 0 bridgehead atoms. The molecule has 0 aliphatic carbocycles. The Bertz CT molecular complexity index is 293. The van der Waals surface area contributed by atoms with Gasteiger partial charge in [0.05, 0.1) is 6.54 Å². The second-order valence-electron chi connectivity index (χ2n) is 3.22. The van der Waals surface area contributed by atoms with Crippen molar-refractivity contribution in [3.05, 3.63) is 47.8 Å². The zero-order chi connectivity index (χ0) is 10.4. The van der Waals surface area contributed by atoms with Gasteiger partial charge in [-0.1, -0.05) is 37.3 Å². The maximum absolute atomic E-state index is 5.76. The van der Waals surface area contributed by atoms with Gasteiger partial charge in [0.1, 0.15) is 0 Å². The second-order valence-corrected chi connectivity index (χ2v) is 3.22. The van der Waals surface area contributed by atoms with E-state index in [9.17, 15) is 0 Å². The van der Waals surface area contributed by atoms with E-state index in [2.05, 4.69) is 0 Å². The molecule has 0 radical (unpaired) electrons. The number of rotatable bonds is 4. The van der Waals surface area contributed by atoms with E-state index in [1.165, 1.54) is 5.56 Å². The molecule has 0 aliphatic rings. The van der Waals surface area contributed by atoms with E-state index in [1.54, 1.807) is 11.2 Å². The minimum atomic E-state index is 0.682. The molecule has 0 aliphatic heterocycles. The van der Waals surface area contributed by atoms with Crippen molar-refractivity contribution in [2.75, 3.05) is 0 Å². The molecule has 0 fully saturated rings. The molecule has 1 rings (SSSR count). The smallest absolute Gasteiger partial charge is 0.0586 e. The molecule has 0 atom stereocenters. The molecule has 14 heavy (non-hydrogen) atoms. The zero-order valence-corrected chi connectivity index (χ0v) is 8.48. The Hall–Kier alpha value is -1.48. The lowest BCUT2D eigenvalue weighted by Gasteiger charge is -2.14. The van der Waals surface area contributed by atoms with Crippen molar-refractivity contribution in [1.29, 1.82) is 0 Å². The van der Waals surface area contributed by atoms with Gasteiger partial charge in [-0.25, -0.2) is 5.84 Å². The average Bonchev–Trinajstić information content (AvgIpc) is 2.19. The molecule has 3 nitrogen and oxygen atoms in total. The zero-order valence-electron chi connectivity index (χ0n) is 8.48. The predicted molar refractivity (Wildman–Crippen MR) is 58.7 cm³/mol. The molecule has 0 aromatic heterocycles. The van der Waals surface area contributed by atoms with Crippen LogP contribution in [0, 0.1) is 0 Å². The van der Waals surface area contributed by atoms with Gasteiger partial charge in [-0.3, -0.25) is 0 Å². The molecular formula is C11H17N3. The number of hydrogen-bond donors (Lipinski definition) is 2. The second kappa shape index (κ2) is 5.29. The van der Waals surface area contributed by atoms with E-state index in [1.807, 2.05) is 37.3 Å². The summed E-state index contributed by atoms with van der Waals surface area (Å²) in [6, 6.07) is 10.1. The summed E-state index contributed by atoms with van der Waals surface area (Å²) in [5, 5.41) is 1.61. The lowest BCUT2D eigenvalue weighted by molar-refractivity contribution is 0.382. The van der Waals surface area contributed by atoms with Gasteiger partial charge in [0.2, 0.25) is 0 Å². The topological polar surface area (TPSA) is 55.3 Å². The van der Waals surface area contributed by atoms with Crippen LogP contribution in [0.1, 0.15) is 18.9 Å². The number of allylic oxidation sites excluding steroid dienone is 1. The normalized spacial score (nSPS) is 11.4. The van der Waals surface area contributed by atoms with Gasteiger partial charge in [0, 0.05) is 11.9 Å². The fourth-order valence-corrected chi connectivity index (χ4v) is 1.14. The van der Waals surface area contributed by atoms with Crippen molar-refractivity contribution in [1.82, 2.24) is 5.01 Å². The fraction of sp³-hybridized carbons (Fsp3) is 0.273. The van der Waals surface area contributed by atoms with E-state index >= 15 is 0 Å². The van der Waals surface area contributed by atoms with Crippen molar-refractivity contribution in [3.8, 4) is 0 Å². The highest BCUT2D eigenvalue weighted by atomic mass is 15.4. The minimum Gasteiger partial charge on any atom is -0.401 e. The molecule has 0 unspecified atom stereocenters. The summed E-state index contributed by atoms with van der Waals surface area (Å²) in [5.41, 5.74) is 7.64. The van der Waals surface area contributed by atoms with Crippen LogP contribution in [0.3, 0.4) is 0 Å². The van der Waals surface area contributed by atoms with Gasteiger partial charge in [0.25, 0.3) is 0 Å². The van der Waals surface area contributed by atoms with Crippen molar-refractivity contribution in [2.24, 2.45) is 11.6 Å². The summed E-state index contributed by atoms with van der Waals surface area (Å²) in [7, 11) is 0. The van der Waals surface area contributed by atoms with E-state index < -0.39 is 0 Å². The number of nitrogens with zero attached hydrogens (tertiary/aromatic N) is 1. The highest BCUT2D eigenvalue weighted by Gasteiger charge is 1.95. The average molecular weight is 191 g/mol. The van der Waals surface area contributed by atoms with Crippen molar-refractivity contribution >= 4 is 0 Å². The highest BCUT2D eigenvalue weighted by Crippen LogP contribution is 2.02. The first-order valence-electron chi connectivity index (χ1n) is 4.73. The van der Waals surface area contributed by atoms with Crippen molar-refractivity contribution in [2.45, 2.75) is 19.9 Å². The van der Waals surface area contributed by atoms with Crippen LogP contribution in [0.4, 0.5) is 0 Å². The first kappa shape index (κ1) is 10.6. The summed E-state index contributed by atoms with van der Waals surface area (Å²) in [6.45, 7) is 2.68. The van der Waals surface area contributed by atoms with Crippen LogP contribution >= 0.6 is 0 Å². The SMILES string of the molecule is CC/C(N)=C/N(N)Cc1ccccc1. The number of benzene rings is 1. The molecule has 0 saturated carbocycles. The number of hydrazine groups is 1. The van der Waals surface area contributed by atoms with Gasteiger partial charge in [0.15, 0.2) is 0 Å². The quantitative estimate of drug-likeness (QED) is 0.561. The first-order valence-corrected chi connectivity index (χ1v) is 4.73. The standard InChI is InChI=1S/C11H17N3/c1-2-11(12)9-14(13)8-10-6-4-3-5-7-10/h3-7,9H,2,8,12-13H2,1H3/b11-9-. The predicted octanol–water partition coefficient (Wildman–Crippen LogP) is 1.57. The Morgan fingerprint density at radius 2 is 2.00 bits per heavy atom. The molecule has 0 saturated heterocycles. The third kappa shape index (κ3) is 3.49. The Morgan fingerprint density at radius 1 is 1.36 bits per heavy atom. The summed E-state index contributed by atoms with van der Waals surface area (Å²) in [6.07, 6.45) is 2.59. The lowest BCUT2D eigenvalue weighted by Crippen LogP contribution is -2.25. The van der Waals surface area contributed by atoms with E-state index in [4.69, 9.17) is 11.6 Å². The van der Waals surface area contributed by atoms with Gasteiger partial charge in [-0.2, -0.15) is 0 Å². The third-order valence-corrected chi connectivity index (χ3v) is 1.95. The van der Waals surface area contributed by atoms with Gasteiger partial charge >= 0.3 is 0 Å². The number of nitrogens with two attached hydrogens (primary N) is 2. The molecular weight excluding hydrogens is 174 g/mol. The molecule has 0 heterocycles.